The Labute approximate surface area is 132 Å². The fourth-order valence-electron chi connectivity index (χ4n) is 2.38. The minimum atomic E-state index is -1.11. The molecule has 1 aromatic carbocycles. The van der Waals surface area contributed by atoms with Gasteiger partial charge in [0.2, 0.25) is 0 Å². The van der Waals surface area contributed by atoms with Crippen LogP contribution in [0.4, 0.5) is 0 Å². The van der Waals surface area contributed by atoms with Crippen LogP contribution in [0.2, 0.25) is 0 Å². The first kappa shape index (κ1) is 18.2. The normalized spacial score (nSPS) is 11.9. The molecule has 0 aliphatic heterocycles. The first-order chi connectivity index (χ1) is 10.6. The quantitative estimate of drug-likeness (QED) is 0.503. The molecule has 0 saturated heterocycles. The number of ether oxygens (including phenoxy) is 1. The van der Waals surface area contributed by atoms with E-state index in [9.17, 15) is 9.59 Å². The first-order valence-electron chi connectivity index (χ1n) is 8.13. The third kappa shape index (κ3) is 5.88. The predicted octanol–water partition coefficient (Wildman–Crippen LogP) is 4.68. The predicted molar refractivity (Wildman–Crippen MR) is 86.3 cm³/mol. The summed E-state index contributed by atoms with van der Waals surface area (Å²) < 4.78 is 5.48. The molecule has 1 N–H and O–H groups in total. The Morgan fingerprint density at radius 3 is 2.27 bits per heavy atom. The zero-order valence-electron chi connectivity index (χ0n) is 13.5. The second-order valence-corrected chi connectivity index (χ2v) is 5.49. The van der Waals surface area contributed by atoms with Crippen molar-refractivity contribution < 1.29 is 19.4 Å². The second kappa shape index (κ2) is 9.98. The van der Waals surface area contributed by atoms with Gasteiger partial charge in [-0.25, -0.2) is 9.59 Å². The molecule has 0 bridgehead atoms. The molecule has 4 nitrogen and oxygen atoms in total. The van der Waals surface area contributed by atoms with Gasteiger partial charge in [-0.3, -0.25) is 0 Å². The fourth-order valence-corrected chi connectivity index (χ4v) is 2.38. The number of benzene rings is 1. The van der Waals surface area contributed by atoms with E-state index in [2.05, 4.69) is 6.92 Å². The number of carbonyl (C=O) groups is 2. The summed E-state index contributed by atoms with van der Waals surface area (Å²) in [6.07, 6.45) is 7.27. The smallest absolute Gasteiger partial charge is 0.339 e. The summed E-state index contributed by atoms with van der Waals surface area (Å²) in [5.41, 5.74) is 0.115. The molecule has 0 aliphatic carbocycles. The molecule has 0 amide bonds. The van der Waals surface area contributed by atoms with Crippen LogP contribution in [0, 0.1) is 0 Å². The summed E-state index contributed by atoms with van der Waals surface area (Å²) in [6.45, 7) is 4.16. The van der Waals surface area contributed by atoms with Crippen LogP contribution in [0.1, 0.15) is 79.5 Å². The van der Waals surface area contributed by atoms with Crippen LogP contribution in [-0.2, 0) is 4.74 Å². The molecule has 0 aliphatic rings. The van der Waals surface area contributed by atoms with E-state index in [0.29, 0.717) is 0 Å². The van der Waals surface area contributed by atoms with E-state index >= 15 is 0 Å². The van der Waals surface area contributed by atoms with E-state index in [-0.39, 0.29) is 17.2 Å². The minimum Gasteiger partial charge on any atom is -0.478 e. The lowest BCUT2D eigenvalue weighted by molar-refractivity contribution is 0.0262. The average molecular weight is 306 g/mol. The summed E-state index contributed by atoms with van der Waals surface area (Å²) in [4.78, 5) is 23.3. The number of aromatic carboxylic acids is 1. The molecule has 122 valence electrons. The van der Waals surface area contributed by atoms with E-state index in [1.165, 1.54) is 31.4 Å². The van der Waals surface area contributed by atoms with Crippen LogP contribution in [0.25, 0.3) is 0 Å². The molecule has 0 spiro atoms. The van der Waals surface area contributed by atoms with Gasteiger partial charge in [-0.05, 0) is 31.4 Å². The van der Waals surface area contributed by atoms with Gasteiger partial charge in [-0.2, -0.15) is 0 Å². The van der Waals surface area contributed by atoms with Crippen molar-refractivity contribution in [3.8, 4) is 0 Å². The molecule has 1 aromatic rings. The minimum absolute atomic E-state index is 0.00898. The maximum absolute atomic E-state index is 12.2. The van der Waals surface area contributed by atoms with Crippen molar-refractivity contribution in [1.29, 1.82) is 0 Å². The van der Waals surface area contributed by atoms with Gasteiger partial charge in [-0.15, -0.1) is 0 Å². The van der Waals surface area contributed by atoms with Crippen molar-refractivity contribution in [1.82, 2.24) is 0 Å². The van der Waals surface area contributed by atoms with Crippen LogP contribution in [-0.4, -0.2) is 23.1 Å². The highest BCUT2D eigenvalue weighted by molar-refractivity contribution is 6.02. The maximum Gasteiger partial charge on any atom is 0.339 e. The summed E-state index contributed by atoms with van der Waals surface area (Å²) in [7, 11) is 0. The fraction of sp³-hybridized carbons (Fsp3) is 0.556. The van der Waals surface area contributed by atoms with Crippen LogP contribution < -0.4 is 0 Å². The van der Waals surface area contributed by atoms with Gasteiger partial charge in [0, 0.05) is 0 Å². The van der Waals surface area contributed by atoms with E-state index in [0.717, 1.165) is 25.7 Å². The highest BCUT2D eigenvalue weighted by Crippen LogP contribution is 2.16. The van der Waals surface area contributed by atoms with E-state index in [1.54, 1.807) is 12.1 Å². The molecule has 0 unspecified atom stereocenters. The van der Waals surface area contributed by atoms with Gasteiger partial charge in [0.25, 0.3) is 0 Å². The van der Waals surface area contributed by atoms with Gasteiger partial charge in [0.15, 0.2) is 0 Å². The third-order valence-corrected chi connectivity index (χ3v) is 3.74. The number of carboxylic acid groups (broad SMARTS) is 1. The van der Waals surface area contributed by atoms with Crippen LogP contribution in [0.3, 0.4) is 0 Å². The molecule has 1 rings (SSSR count). The summed E-state index contributed by atoms with van der Waals surface area (Å²) in [5, 5.41) is 9.12. The molecule has 0 radical (unpaired) electrons. The molecule has 1 atom stereocenters. The van der Waals surface area contributed by atoms with Crippen LogP contribution in [0.15, 0.2) is 24.3 Å². The van der Waals surface area contributed by atoms with Crippen molar-refractivity contribution in [3.63, 3.8) is 0 Å². The molecule has 0 saturated carbocycles. The Morgan fingerprint density at radius 1 is 1.05 bits per heavy atom. The highest BCUT2D eigenvalue weighted by Gasteiger charge is 2.20. The third-order valence-electron chi connectivity index (χ3n) is 3.74. The summed E-state index contributed by atoms with van der Waals surface area (Å²) in [6, 6.07) is 6.17. The van der Waals surface area contributed by atoms with E-state index < -0.39 is 11.9 Å². The van der Waals surface area contributed by atoms with Crippen LogP contribution >= 0.6 is 0 Å². The van der Waals surface area contributed by atoms with Crippen LogP contribution in [0.5, 0.6) is 0 Å². The number of carboxylic acids is 1. The monoisotopic (exact) mass is 306 g/mol. The first-order valence-corrected chi connectivity index (χ1v) is 8.13. The second-order valence-electron chi connectivity index (χ2n) is 5.49. The Hall–Kier alpha value is -1.84. The number of carbonyl (C=O) groups excluding carboxylic acids is 1. The van der Waals surface area contributed by atoms with Gasteiger partial charge in [0.1, 0.15) is 6.10 Å². The Balaban J connectivity index is 2.56. The Bertz CT molecular complexity index is 482. The number of rotatable bonds is 10. The Kier molecular flexibility index (Phi) is 8.26. The van der Waals surface area contributed by atoms with Gasteiger partial charge >= 0.3 is 11.9 Å². The van der Waals surface area contributed by atoms with E-state index in [4.69, 9.17) is 9.84 Å². The zero-order chi connectivity index (χ0) is 16.4. The van der Waals surface area contributed by atoms with Crippen molar-refractivity contribution in [2.45, 2.75) is 64.9 Å². The number of hydrogen-bond donors (Lipinski definition) is 1. The summed E-state index contributed by atoms with van der Waals surface area (Å²) in [5.74, 6) is -1.65. The highest BCUT2D eigenvalue weighted by atomic mass is 16.5. The van der Waals surface area contributed by atoms with Gasteiger partial charge in [-0.1, -0.05) is 51.7 Å². The number of unbranched alkanes of at least 4 members (excludes halogenated alkanes) is 4. The zero-order valence-corrected chi connectivity index (χ0v) is 13.5. The van der Waals surface area contributed by atoms with Crippen molar-refractivity contribution >= 4 is 11.9 Å². The molecular formula is C18H26O4. The molecule has 22 heavy (non-hydrogen) atoms. The lowest BCUT2D eigenvalue weighted by Crippen LogP contribution is -2.19. The van der Waals surface area contributed by atoms with Crippen molar-refractivity contribution in [2.24, 2.45) is 0 Å². The van der Waals surface area contributed by atoms with E-state index in [1.807, 2.05) is 6.92 Å². The molecular weight excluding hydrogens is 280 g/mol. The summed E-state index contributed by atoms with van der Waals surface area (Å²) >= 11 is 0. The Morgan fingerprint density at radius 2 is 1.68 bits per heavy atom. The van der Waals surface area contributed by atoms with Gasteiger partial charge < -0.3 is 9.84 Å². The number of esters is 1. The van der Waals surface area contributed by atoms with Gasteiger partial charge in [0.05, 0.1) is 11.1 Å². The molecule has 0 heterocycles. The average Bonchev–Trinajstić information content (AvgIpc) is 2.53. The maximum atomic E-state index is 12.2. The van der Waals surface area contributed by atoms with Crippen molar-refractivity contribution in [3.05, 3.63) is 35.4 Å². The molecule has 0 aromatic heterocycles. The van der Waals surface area contributed by atoms with Crippen molar-refractivity contribution in [2.75, 3.05) is 0 Å². The largest absolute Gasteiger partial charge is 0.478 e. The lowest BCUT2D eigenvalue weighted by atomic mass is 10.1. The standard InChI is InChI=1S/C18H26O4/c1-3-5-6-7-8-11-14(4-2)22-18(21)16-13-10-9-12-15(16)17(19)20/h9-10,12-14H,3-8,11H2,1-2H3,(H,19,20)/t14-/m1/s1. The lowest BCUT2D eigenvalue weighted by Gasteiger charge is -2.16. The topological polar surface area (TPSA) is 63.6 Å². The SMILES string of the molecule is CCCCCCC[C@@H](CC)OC(=O)c1ccccc1C(=O)O. The number of hydrogen-bond acceptors (Lipinski definition) is 3. The molecule has 0 fully saturated rings. The molecule has 4 heteroatoms.